The molecule has 5 aromatic rings. The van der Waals surface area contributed by atoms with Crippen LogP contribution in [-0.4, -0.2) is 20.4 Å². The molecule has 4 heteroatoms. The van der Waals surface area contributed by atoms with Crippen LogP contribution in [0.1, 0.15) is 95.2 Å². The number of phenolic OH excluding ortho intramolecular Hbond substituents is 4. The zero-order valence-corrected chi connectivity index (χ0v) is 30.8. The minimum atomic E-state index is -0.201. The summed E-state index contributed by atoms with van der Waals surface area (Å²) in [5.41, 5.74) is 13.2. The summed E-state index contributed by atoms with van der Waals surface area (Å²) < 4.78 is 0. The van der Waals surface area contributed by atoms with Crippen LogP contribution in [0.4, 0.5) is 0 Å². The molecule has 0 saturated carbocycles. The van der Waals surface area contributed by atoms with E-state index >= 15 is 0 Å². The van der Waals surface area contributed by atoms with E-state index in [9.17, 15) is 20.4 Å². The highest BCUT2D eigenvalue weighted by molar-refractivity contribution is 5.54. The predicted octanol–water partition coefficient (Wildman–Crippen LogP) is 11.3. The smallest absolute Gasteiger partial charge is 0.119 e. The average Bonchev–Trinajstić information content (AvgIpc) is 3.07. The fourth-order valence-corrected chi connectivity index (χ4v) is 7.04. The summed E-state index contributed by atoms with van der Waals surface area (Å²) >= 11 is 0. The Morgan fingerprint density at radius 1 is 0.365 bits per heavy atom. The third-order valence-electron chi connectivity index (χ3n) is 9.32. The van der Waals surface area contributed by atoms with E-state index in [1.54, 1.807) is 24.3 Å². The predicted molar refractivity (Wildman–Crippen MR) is 215 cm³/mol. The van der Waals surface area contributed by atoms with E-state index < -0.39 is 0 Å². The molecular formula is C48H50O4. The monoisotopic (exact) mass is 690 g/mol. The SMILES string of the molecule is C=C(C)Cc1cc(C(c2ccc(C(c3ccc(O)c(CC(=C)C)c3)c3ccc(O)c(CC(=C)C)c3)cc2)c2ccc(O)c(CC(=C)C)c2)ccc1O. The number of phenols is 4. The first-order valence-corrected chi connectivity index (χ1v) is 17.6. The highest BCUT2D eigenvalue weighted by Crippen LogP contribution is 2.40. The van der Waals surface area contributed by atoms with Crippen molar-refractivity contribution in [1.82, 2.24) is 0 Å². The molecule has 266 valence electrons. The molecule has 4 nitrogen and oxygen atoms in total. The Balaban J connectivity index is 1.68. The van der Waals surface area contributed by atoms with Gasteiger partial charge in [-0.05, 0) is 133 Å². The highest BCUT2D eigenvalue weighted by atomic mass is 16.3. The van der Waals surface area contributed by atoms with Gasteiger partial charge in [-0.25, -0.2) is 0 Å². The van der Waals surface area contributed by atoms with Gasteiger partial charge >= 0.3 is 0 Å². The number of hydrogen-bond acceptors (Lipinski definition) is 4. The topological polar surface area (TPSA) is 80.9 Å². The van der Waals surface area contributed by atoms with E-state index in [4.69, 9.17) is 0 Å². The third-order valence-corrected chi connectivity index (χ3v) is 9.32. The first-order chi connectivity index (χ1) is 24.7. The second-order valence-electron chi connectivity index (χ2n) is 14.6. The van der Waals surface area contributed by atoms with Gasteiger partial charge in [-0.3, -0.25) is 0 Å². The second kappa shape index (κ2) is 16.1. The van der Waals surface area contributed by atoms with Crippen LogP contribution in [0.5, 0.6) is 23.0 Å². The van der Waals surface area contributed by atoms with E-state index in [0.29, 0.717) is 25.7 Å². The fraction of sp³-hybridized carbons (Fsp3) is 0.208. The van der Waals surface area contributed by atoms with E-state index in [2.05, 4.69) is 74.8 Å². The quantitative estimate of drug-likeness (QED) is 0.0691. The maximum absolute atomic E-state index is 10.7. The first-order valence-electron chi connectivity index (χ1n) is 17.6. The molecule has 0 unspecified atom stereocenters. The first kappa shape index (κ1) is 37.5. The lowest BCUT2D eigenvalue weighted by Gasteiger charge is -2.24. The minimum Gasteiger partial charge on any atom is -0.508 e. The van der Waals surface area contributed by atoms with Crippen molar-refractivity contribution < 1.29 is 20.4 Å². The Bertz CT molecular complexity index is 1870. The number of allylic oxidation sites excluding steroid dienone is 4. The van der Waals surface area contributed by atoms with Gasteiger partial charge in [0.25, 0.3) is 0 Å². The fourth-order valence-electron chi connectivity index (χ4n) is 7.04. The normalized spacial score (nSPS) is 11.2. The van der Waals surface area contributed by atoms with Crippen LogP contribution in [0.25, 0.3) is 0 Å². The van der Waals surface area contributed by atoms with Gasteiger partial charge in [0.15, 0.2) is 0 Å². The van der Waals surface area contributed by atoms with Crippen molar-refractivity contribution in [3.63, 3.8) is 0 Å². The largest absolute Gasteiger partial charge is 0.508 e. The lowest BCUT2D eigenvalue weighted by atomic mass is 9.80. The minimum absolute atomic E-state index is 0.201. The summed E-state index contributed by atoms with van der Waals surface area (Å²) in [6.07, 6.45) is 2.24. The van der Waals surface area contributed by atoms with Crippen molar-refractivity contribution in [2.75, 3.05) is 0 Å². The van der Waals surface area contributed by atoms with E-state index in [0.717, 1.165) is 77.9 Å². The number of hydrogen-bond donors (Lipinski definition) is 4. The summed E-state index contributed by atoms with van der Waals surface area (Å²) in [7, 11) is 0. The Kier molecular flexibility index (Phi) is 11.6. The number of benzene rings is 5. The van der Waals surface area contributed by atoms with Gasteiger partial charge < -0.3 is 20.4 Å². The van der Waals surface area contributed by atoms with Crippen molar-refractivity contribution in [1.29, 1.82) is 0 Å². The van der Waals surface area contributed by atoms with Crippen molar-refractivity contribution in [3.05, 3.63) is 201 Å². The average molecular weight is 691 g/mol. The van der Waals surface area contributed by atoms with Gasteiger partial charge in [0, 0.05) is 11.8 Å². The van der Waals surface area contributed by atoms with Gasteiger partial charge in [-0.1, -0.05) is 121 Å². The standard InChI is InChI=1S/C48H50O4/c1-29(2)21-39-25-35(13-17-43(39)49)47(36-14-18-44(50)40(26-36)22-30(3)4)33-9-11-34(12-10-33)48(37-15-19-45(51)41(27-37)23-31(5)6)38-16-20-46(52)42(28-38)24-32(7)8/h9-20,25-28,47-52H,1,3,5,7,21-24H2,2,4,6,8H3. The van der Waals surface area contributed by atoms with Crippen molar-refractivity contribution >= 4 is 0 Å². The number of rotatable bonds is 14. The molecule has 4 N–H and O–H groups in total. The van der Waals surface area contributed by atoms with E-state index in [-0.39, 0.29) is 34.8 Å². The van der Waals surface area contributed by atoms with Crippen LogP contribution in [0.2, 0.25) is 0 Å². The summed E-state index contributed by atoms with van der Waals surface area (Å²) in [6.45, 7) is 24.1. The highest BCUT2D eigenvalue weighted by Gasteiger charge is 2.23. The Morgan fingerprint density at radius 2 is 0.558 bits per heavy atom. The Hall–Kier alpha value is -5.74. The maximum Gasteiger partial charge on any atom is 0.119 e. The molecule has 0 spiro atoms. The molecule has 0 atom stereocenters. The molecule has 0 heterocycles. The molecule has 0 aliphatic carbocycles. The molecule has 0 bridgehead atoms. The maximum atomic E-state index is 10.7. The van der Waals surface area contributed by atoms with Gasteiger partial charge in [0.1, 0.15) is 23.0 Å². The van der Waals surface area contributed by atoms with E-state index in [1.807, 2.05) is 52.0 Å². The van der Waals surface area contributed by atoms with Crippen molar-refractivity contribution in [3.8, 4) is 23.0 Å². The van der Waals surface area contributed by atoms with E-state index in [1.165, 1.54) is 0 Å². The van der Waals surface area contributed by atoms with Gasteiger partial charge in [0.2, 0.25) is 0 Å². The van der Waals surface area contributed by atoms with Gasteiger partial charge in [0.05, 0.1) is 0 Å². The van der Waals surface area contributed by atoms with Crippen molar-refractivity contribution in [2.45, 2.75) is 65.2 Å². The number of aromatic hydroxyl groups is 4. The third kappa shape index (κ3) is 8.94. The molecule has 0 aliphatic heterocycles. The van der Waals surface area contributed by atoms with Gasteiger partial charge in [-0.2, -0.15) is 0 Å². The molecule has 0 radical (unpaired) electrons. The summed E-state index contributed by atoms with van der Waals surface area (Å²) in [4.78, 5) is 0. The molecular weight excluding hydrogens is 641 g/mol. The molecule has 0 saturated heterocycles. The molecule has 0 fully saturated rings. The molecule has 5 rings (SSSR count). The summed E-state index contributed by atoms with van der Waals surface area (Å²) in [5, 5.41) is 43.0. The second-order valence-corrected chi connectivity index (χ2v) is 14.6. The van der Waals surface area contributed by atoms with Crippen LogP contribution >= 0.6 is 0 Å². The zero-order chi connectivity index (χ0) is 37.7. The lowest BCUT2D eigenvalue weighted by Crippen LogP contribution is -2.08. The lowest BCUT2D eigenvalue weighted by molar-refractivity contribution is 0.468. The molecule has 5 aromatic carbocycles. The Morgan fingerprint density at radius 3 is 0.750 bits per heavy atom. The Labute approximate surface area is 309 Å². The van der Waals surface area contributed by atoms with Crippen LogP contribution in [0.15, 0.2) is 146 Å². The van der Waals surface area contributed by atoms with Crippen molar-refractivity contribution in [2.24, 2.45) is 0 Å². The summed E-state index contributed by atoms with van der Waals surface area (Å²) in [6, 6.07) is 31.6. The van der Waals surface area contributed by atoms with Crippen LogP contribution < -0.4 is 0 Å². The van der Waals surface area contributed by atoms with Crippen LogP contribution in [0.3, 0.4) is 0 Å². The van der Waals surface area contributed by atoms with Crippen LogP contribution in [-0.2, 0) is 25.7 Å². The summed E-state index contributed by atoms with van der Waals surface area (Å²) in [5.74, 6) is 0.532. The molecule has 52 heavy (non-hydrogen) atoms. The molecule has 0 amide bonds. The van der Waals surface area contributed by atoms with Gasteiger partial charge in [-0.15, -0.1) is 0 Å². The molecule has 0 aromatic heterocycles. The molecule has 0 aliphatic rings. The van der Waals surface area contributed by atoms with Crippen LogP contribution in [0, 0.1) is 0 Å². The zero-order valence-electron chi connectivity index (χ0n) is 30.8.